The monoisotopic (exact) mass is 263 g/mol. The lowest BCUT2D eigenvalue weighted by Gasteiger charge is -2.32. The summed E-state index contributed by atoms with van der Waals surface area (Å²) in [6.45, 7) is 6.16. The predicted molar refractivity (Wildman–Crippen MR) is 78.5 cm³/mol. The van der Waals surface area contributed by atoms with Crippen molar-refractivity contribution in [2.45, 2.75) is 38.8 Å². The highest BCUT2D eigenvalue weighted by atomic mass is 16.5. The lowest BCUT2D eigenvalue weighted by atomic mass is 10.1. The molecule has 1 fully saturated rings. The van der Waals surface area contributed by atoms with E-state index >= 15 is 0 Å². The molecule has 0 bridgehead atoms. The molecule has 0 spiro atoms. The molecule has 1 aromatic heterocycles. The van der Waals surface area contributed by atoms with Crippen LogP contribution in [0.2, 0.25) is 0 Å². The highest BCUT2D eigenvalue weighted by Crippen LogP contribution is 2.19. The van der Waals surface area contributed by atoms with E-state index in [2.05, 4.69) is 35.3 Å². The predicted octanol–water partition coefficient (Wildman–Crippen LogP) is 2.20. The van der Waals surface area contributed by atoms with E-state index in [1.807, 2.05) is 0 Å². The molecule has 1 aromatic rings. The van der Waals surface area contributed by atoms with Crippen LogP contribution in [0.25, 0.3) is 0 Å². The van der Waals surface area contributed by atoms with Crippen molar-refractivity contribution >= 4 is 5.82 Å². The number of ether oxygens (including phenoxy) is 1. The summed E-state index contributed by atoms with van der Waals surface area (Å²) >= 11 is 0. The van der Waals surface area contributed by atoms with Crippen LogP contribution in [0.3, 0.4) is 0 Å². The summed E-state index contributed by atoms with van der Waals surface area (Å²) in [6, 6.07) is 6.30. The summed E-state index contributed by atoms with van der Waals surface area (Å²) in [5.41, 5.74) is 1.12. The summed E-state index contributed by atoms with van der Waals surface area (Å²) < 4.78 is 5.41. The molecule has 0 unspecified atom stereocenters. The zero-order valence-corrected chi connectivity index (χ0v) is 12.1. The van der Waals surface area contributed by atoms with Crippen LogP contribution in [-0.2, 0) is 11.3 Å². The summed E-state index contributed by atoms with van der Waals surface area (Å²) in [5.74, 6) is 1.10. The fourth-order valence-electron chi connectivity index (χ4n) is 2.46. The highest BCUT2D eigenvalue weighted by molar-refractivity contribution is 5.39. The second-order valence-electron chi connectivity index (χ2n) is 5.09. The molecule has 4 heteroatoms. The molecular weight excluding hydrogens is 238 g/mol. The van der Waals surface area contributed by atoms with Crippen LogP contribution in [0.1, 0.15) is 31.9 Å². The average molecular weight is 263 g/mol. The van der Waals surface area contributed by atoms with Crippen molar-refractivity contribution in [3.63, 3.8) is 0 Å². The van der Waals surface area contributed by atoms with E-state index < -0.39 is 0 Å². The molecule has 0 aromatic carbocycles. The van der Waals surface area contributed by atoms with Crippen LogP contribution in [0.15, 0.2) is 18.2 Å². The van der Waals surface area contributed by atoms with Crippen LogP contribution in [-0.4, -0.2) is 37.8 Å². The van der Waals surface area contributed by atoms with Gasteiger partial charge in [-0.05, 0) is 37.9 Å². The molecule has 1 aliphatic rings. The van der Waals surface area contributed by atoms with Gasteiger partial charge < -0.3 is 15.0 Å². The highest BCUT2D eigenvalue weighted by Gasteiger charge is 2.19. The number of methoxy groups -OCH3 is 1. The zero-order valence-electron chi connectivity index (χ0n) is 12.1. The van der Waals surface area contributed by atoms with Gasteiger partial charge in [0.1, 0.15) is 5.82 Å². The number of rotatable bonds is 6. The van der Waals surface area contributed by atoms with Crippen LogP contribution in [0.4, 0.5) is 5.82 Å². The molecule has 0 radical (unpaired) electrons. The smallest absolute Gasteiger partial charge is 0.128 e. The van der Waals surface area contributed by atoms with Gasteiger partial charge in [0.25, 0.3) is 0 Å². The lowest BCUT2D eigenvalue weighted by molar-refractivity contribution is 0.0818. The fourth-order valence-corrected chi connectivity index (χ4v) is 2.46. The molecule has 0 amide bonds. The number of pyridine rings is 1. The topological polar surface area (TPSA) is 37.4 Å². The zero-order chi connectivity index (χ0) is 13.5. The second kappa shape index (κ2) is 7.46. The molecule has 1 saturated heterocycles. The minimum absolute atomic E-state index is 0.422. The number of aromatic nitrogens is 1. The van der Waals surface area contributed by atoms with Crippen molar-refractivity contribution in [2.24, 2.45) is 0 Å². The maximum atomic E-state index is 5.41. The molecule has 4 nitrogen and oxygen atoms in total. The van der Waals surface area contributed by atoms with Crippen molar-refractivity contribution in [3.05, 3.63) is 23.9 Å². The largest absolute Gasteiger partial charge is 0.381 e. The Kier molecular flexibility index (Phi) is 5.61. The number of anilines is 1. The normalized spacial score (nSPS) is 16.8. The Bertz CT molecular complexity index is 375. The van der Waals surface area contributed by atoms with E-state index in [1.54, 1.807) is 7.11 Å². The van der Waals surface area contributed by atoms with Crippen molar-refractivity contribution in [1.82, 2.24) is 10.3 Å². The van der Waals surface area contributed by atoms with Gasteiger partial charge in [-0.15, -0.1) is 0 Å². The summed E-state index contributed by atoms with van der Waals surface area (Å²) in [4.78, 5) is 7.10. The number of piperidine rings is 1. The fraction of sp³-hybridized carbons (Fsp3) is 0.667. The number of hydrogen-bond donors (Lipinski definition) is 1. The quantitative estimate of drug-likeness (QED) is 0.798. The minimum Gasteiger partial charge on any atom is -0.381 e. The molecule has 2 rings (SSSR count). The first-order chi connectivity index (χ1) is 9.33. The van der Waals surface area contributed by atoms with Gasteiger partial charge in [0.2, 0.25) is 0 Å². The number of nitrogens with one attached hydrogen (secondary N) is 1. The van der Waals surface area contributed by atoms with E-state index in [9.17, 15) is 0 Å². The summed E-state index contributed by atoms with van der Waals surface area (Å²) in [5, 5.41) is 3.40. The van der Waals surface area contributed by atoms with Gasteiger partial charge >= 0.3 is 0 Å². The van der Waals surface area contributed by atoms with Gasteiger partial charge in [0, 0.05) is 26.7 Å². The van der Waals surface area contributed by atoms with Gasteiger partial charge in [-0.2, -0.15) is 0 Å². The summed E-state index contributed by atoms with van der Waals surface area (Å²) in [6.07, 6.45) is 3.77. The lowest BCUT2D eigenvalue weighted by Crippen LogP contribution is -2.37. The minimum atomic E-state index is 0.422. The van der Waals surface area contributed by atoms with E-state index in [4.69, 9.17) is 9.72 Å². The van der Waals surface area contributed by atoms with Crippen molar-refractivity contribution in [2.75, 3.05) is 31.6 Å². The molecule has 1 aliphatic heterocycles. The molecule has 2 heterocycles. The third-order valence-corrected chi connectivity index (χ3v) is 3.62. The van der Waals surface area contributed by atoms with Crippen LogP contribution < -0.4 is 10.2 Å². The standard InChI is InChI=1S/C15H25N3O/c1-3-9-16-12-13-5-4-6-15(17-13)18-10-7-14(19-2)8-11-18/h4-6,14,16H,3,7-12H2,1-2H3. The average Bonchev–Trinajstić information content (AvgIpc) is 2.48. The molecule has 19 heavy (non-hydrogen) atoms. The maximum absolute atomic E-state index is 5.41. The second-order valence-corrected chi connectivity index (χ2v) is 5.09. The van der Waals surface area contributed by atoms with Crippen LogP contribution >= 0.6 is 0 Å². The third-order valence-electron chi connectivity index (χ3n) is 3.62. The molecular formula is C15H25N3O. The SMILES string of the molecule is CCCNCc1cccc(N2CCC(OC)CC2)n1. The molecule has 0 aliphatic carbocycles. The summed E-state index contributed by atoms with van der Waals surface area (Å²) in [7, 11) is 1.80. The number of nitrogens with zero attached hydrogens (tertiary/aromatic N) is 2. The first-order valence-corrected chi connectivity index (χ1v) is 7.28. The van der Waals surface area contributed by atoms with Gasteiger partial charge in [-0.25, -0.2) is 4.98 Å². The third kappa shape index (κ3) is 4.18. The van der Waals surface area contributed by atoms with E-state index in [0.29, 0.717) is 6.10 Å². The van der Waals surface area contributed by atoms with E-state index in [-0.39, 0.29) is 0 Å². The number of hydrogen-bond acceptors (Lipinski definition) is 4. The molecule has 1 N–H and O–H groups in total. The first-order valence-electron chi connectivity index (χ1n) is 7.28. The van der Waals surface area contributed by atoms with Crippen molar-refractivity contribution < 1.29 is 4.74 Å². The Balaban J connectivity index is 1.91. The van der Waals surface area contributed by atoms with Crippen LogP contribution in [0, 0.1) is 0 Å². The Morgan fingerprint density at radius 2 is 2.16 bits per heavy atom. The van der Waals surface area contributed by atoms with E-state index in [0.717, 1.165) is 57.0 Å². The van der Waals surface area contributed by atoms with Gasteiger partial charge in [-0.3, -0.25) is 0 Å². The Morgan fingerprint density at radius 3 is 2.84 bits per heavy atom. The van der Waals surface area contributed by atoms with Gasteiger partial charge in [-0.1, -0.05) is 13.0 Å². The van der Waals surface area contributed by atoms with Crippen molar-refractivity contribution in [3.8, 4) is 0 Å². The Labute approximate surface area is 116 Å². The van der Waals surface area contributed by atoms with Crippen molar-refractivity contribution in [1.29, 1.82) is 0 Å². The maximum Gasteiger partial charge on any atom is 0.128 e. The Morgan fingerprint density at radius 1 is 1.37 bits per heavy atom. The van der Waals surface area contributed by atoms with Gasteiger partial charge in [0.15, 0.2) is 0 Å². The van der Waals surface area contributed by atoms with Gasteiger partial charge in [0.05, 0.1) is 11.8 Å². The Hall–Kier alpha value is -1.13. The molecule has 0 saturated carbocycles. The molecule has 106 valence electrons. The first kappa shape index (κ1) is 14.3. The van der Waals surface area contributed by atoms with E-state index in [1.165, 1.54) is 0 Å². The van der Waals surface area contributed by atoms with Crippen LogP contribution in [0.5, 0.6) is 0 Å². The molecule has 0 atom stereocenters.